The van der Waals surface area contributed by atoms with E-state index in [1.165, 1.54) is 0 Å². The summed E-state index contributed by atoms with van der Waals surface area (Å²) in [5.41, 5.74) is 0.864. The van der Waals surface area contributed by atoms with Crippen LogP contribution in [0.1, 0.15) is 42.1 Å². The molecule has 1 aliphatic heterocycles. The van der Waals surface area contributed by atoms with E-state index in [2.05, 4.69) is 20.1 Å². The van der Waals surface area contributed by atoms with Gasteiger partial charge < -0.3 is 5.11 Å². The van der Waals surface area contributed by atoms with Crippen molar-refractivity contribution in [2.24, 2.45) is 0 Å². The normalized spacial score (nSPS) is 21.0. The number of likely N-dealkylation sites (tertiary alicyclic amines) is 1. The minimum Gasteiger partial charge on any atom is -0.387 e. The highest BCUT2D eigenvalue weighted by atomic mass is 35.5. The lowest BCUT2D eigenvalue weighted by molar-refractivity contribution is 0.0945. The average Bonchev–Trinajstić information content (AvgIpc) is 2.94. The number of hydrogen-bond donors (Lipinski definition) is 2. The summed E-state index contributed by atoms with van der Waals surface area (Å²) >= 11 is 5.99. The van der Waals surface area contributed by atoms with Crippen LogP contribution in [0.25, 0.3) is 0 Å². The number of nitrogens with one attached hydrogen (secondary N) is 1. The first kappa shape index (κ1) is 15.5. The number of aromatic nitrogens is 3. The quantitative estimate of drug-likeness (QED) is 0.909. The Labute approximate surface area is 135 Å². The molecule has 2 unspecified atom stereocenters. The second-order valence-corrected chi connectivity index (χ2v) is 6.38. The Balaban J connectivity index is 1.62. The van der Waals surface area contributed by atoms with Gasteiger partial charge in [0.2, 0.25) is 0 Å². The van der Waals surface area contributed by atoms with Crippen LogP contribution < -0.4 is 0 Å². The van der Waals surface area contributed by atoms with Crippen molar-refractivity contribution < 1.29 is 5.11 Å². The first-order chi connectivity index (χ1) is 10.6. The molecule has 3 rings (SSSR count). The summed E-state index contributed by atoms with van der Waals surface area (Å²) in [6.07, 6.45) is 1.67. The van der Waals surface area contributed by atoms with Gasteiger partial charge in [-0.2, -0.15) is 5.10 Å². The highest BCUT2D eigenvalue weighted by Gasteiger charge is 2.25. The molecule has 1 aromatic heterocycles. The van der Waals surface area contributed by atoms with Crippen LogP contribution in [-0.2, 0) is 0 Å². The second kappa shape index (κ2) is 6.77. The van der Waals surface area contributed by atoms with Crippen LogP contribution in [-0.4, -0.2) is 44.8 Å². The number of aliphatic hydroxyl groups excluding tert-OH is 1. The molecule has 2 aromatic rings. The minimum atomic E-state index is -0.522. The lowest BCUT2D eigenvalue weighted by Crippen LogP contribution is -2.37. The van der Waals surface area contributed by atoms with Gasteiger partial charge in [-0.25, -0.2) is 4.98 Å². The summed E-state index contributed by atoms with van der Waals surface area (Å²) in [5.74, 6) is 2.08. The molecule has 118 valence electrons. The number of piperidine rings is 1. The zero-order valence-electron chi connectivity index (χ0n) is 12.7. The number of H-pyrrole nitrogens is 1. The molecule has 0 spiro atoms. The van der Waals surface area contributed by atoms with Crippen LogP contribution in [0, 0.1) is 6.92 Å². The Kier molecular flexibility index (Phi) is 4.76. The van der Waals surface area contributed by atoms with Crippen LogP contribution in [0.4, 0.5) is 0 Å². The molecule has 2 N–H and O–H groups in total. The van der Waals surface area contributed by atoms with E-state index >= 15 is 0 Å². The van der Waals surface area contributed by atoms with Gasteiger partial charge in [-0.05, 0) is 44.0 Å². The van der Waals surface area contributed by atoms with E-state index in [1.54, 1.807) is 0 Å². The van der Waals surface area contributed by atoms with Gasteiger partial charge in [0.1, 0.15) is 5.82 Å². The third kappa shape index (κ3) is 3.66. The number of aromatic amines is 1. The number of β-amino-alcohol motifs (C(OH)–C–C–N with tert-alkyl or cyclic N) is 1. The number of rotatable bonds is 4. The first-order valence-corrected chi connectivity index (χ1v) is 8.04. The maximum atomic E-state index is 10.4. The molecule has 0 saturated carbocycles. The average molecular weight is 321 g/mol. The predicted molar refractivity (Wildman–Crippen MR) is 85.9 cm³/mol. The van der Waals surface area contributed by atoms with Crippen molar-refractivity contribution in [3.63, 3.8) is 0 Å². The second-order valence-electron chi connectivity index (χ2n) is 5.95. The minimum absolute atomic E-state index is 0.338. The molecule has 0 amide bonds. The van der Waals surface area contributed by atoms with Crippen molar-refractivity contribution in [3.8, 4) is 0 Å². The molecule has 6 heteroatoms. The molecule has 1 saturated heterocycles. The fourth-order valence-corrected chi connectivity index (χ4v) is 3.24. The Hall–Kier alpha value is -1.43. The standard InChI is InChI=1S/C16H21ClN4O/c1-11-18-16(20-19-11)13-5-3-7-21(9-13)10-15(22)12-4-2-6-14(17)8-12/h2,4,6,8,13,15,22H,3,5,7,9-10H2,1H3,(H,18,19,20). The van der Waals surface area contributed by atoms with Crippen LogP contribution in [0.3, 0.4) is 0 Å². The maximum Gasteiger partial charge on any atom is 0.155 e. The van der Waals surface area contributed by atoms with E-state index in [9.17, 15) is 5.11 Å². The van der Waals surface area contributed by atoms with Crippen LogP contribution in [0.2, 0.25) is 5.02 Å². The maximum absolute atomic E-state index is 10.4. The SMILES string of the molecule is Cc1nc(C2CCCN(CC(O)c3cccc(Cl)c3)C2)n[nH]1. The van der Waals surface area contributed by atoms with Gasteiger partial charge in [0, 0.05) is 24.0 Å². The largest absolute Gasteiger partial charge is 0.387 e. The third-order valence-corrected chi connectivity index (χ3v) is 4.38. The third-order valence-electron chi connectivity index (χ3n) is 4.15. The van der Waals surface area contributed by atoms with E-state index in [-0.39, 0.29) is 0 Å². The summed E-state index contributed by atoms with van der Waals surface area (Å²) in [7, 11) is 0. The molecular weight excluding hydrogens is 300 g/mol. The van der Waals surface area contributed by atoms with Gasteiger partial charge in [-0.1, -0.05) is 23.7 Å². The topological polar surface area (TPSA) is 65.0 Å². The van der Waals surface area contributed by atoms with Crippen LogP contribution >= 0.6 is 11.6 Å². The Morgan fingerprint density at radius 3 is 3.09 bits per heavy atom. The molecule has 22 heavy (non-hydrogen) atoms. The van der Waals surface area contributed by atoms with Gasteiger partial charge in [0.15, 0.2) is 5.82 Å². The number of halogens is 1. The first-order valence-electron chi connectivity index (χ1n) is 7.66. The van der Waals surface area contributed by atoms with Gasteiger partial charge >= 0.3 is 0 Å². The molecule has 5 nitrogen and oxygen atoms in total. The molecule has 1 fully saturated rings. The summed E-state index contributed by atoms with van der Waals surface area (Å²) in [6, 6.07) is 7.43. The van der Waals surface area contributed by atoms with Crippen LogP contribution in [0.15, 0.2) is 24.3 Å². The van der Waals surface area contributed by atoms with Crippen molar-refractivity contribution >= 4 is 11.6 Å². The lowest BCUT2D eigenvalue weighted by atomic mass is 9.96. The summed E-state index contributed by atoms with van der Waals surface area (Å²) < 4.78 is 0. The summed E-state index contributed by atoms with van der Waals surface area (Å²) in [4.78, 5) is 6.73. The van der Waals surface area contributed by atoms with Crippen LogP contribution in [0.5, 0.6) is 0 Å². The number of aliphatic hydroxyl groups is 1. The smallest absolute Gasteiger partial charge is 0.155 e. The molecular formula is C16H21ClN4O. The number of benzene rings is 1. The van der Waals surface area contributed by atoms with E-state index in [4.69, 9.17) is 11.6 Å². The predicted octanol–water partition coefficient (Wildman–Crippen LogP) is 2.68. The highest BCUT2D eigenvalue weighted by molar-refractivity contribution is 6.30. The zero-order valence-corrected chi connectivity index (χ0v) is 13.4. The Morgan fingerprint density at radius 1 is 1.50 bits per heavy atom. The van der Waals surface area contributed by atoms with E-state index in [1.807, 2.05) is 31.2 Å². The molecule has 2 atom stereocenters. The number of hydrogen-bond acceptors (Lipinski definition) is 4. The van der Waals surface area contributed by atoms with E-state index < -0.39 is 6.10 Å². The van der Waals surface area contributed by atoms with E-state index in [0.717, 1.165) is 43.1 Å². The Morgan fingerprint density at radius 2 is 2.36 bits per heavy atom. The van der Waals surface area contributed by atoms with Crippen molar-refractivity contribution in [2.75, 3.05) is 19.6 Å². The van der Waals surface area contributed by atoms with Gasteiger partial charge in [-0.3, -0.25) is 10.00 Å². The molecule has 0 aliphatic carbocycles. The van der Waals surface area contributed by atoms with Gasteiger partial charge in [0.25, 0.3) is 0 Å². The van der Waals surface area contributed by atoms with Crippen molar-refractivity contribution in [1.29, 1.82) is 0 Å². The summed E-state index contributed by atoms with van der Waals surface area (Å²) in [6.45, 7) is 4.41. The Bertz CT molecular complexity index is 630. The fraction of sp³-hybridized carbons (Fsp3) is 0.500. The fourth-order valence-electron chi connectivity index (χ4n) is 3.04. The van der Waals surface area contributed by atoms with Crippen molar-refractivity contribution in [3.05, 3.63) is 46.5 Å². The zero-order chi connectivity index (χ0) is 15.5. The van der Waals surface area contributed by atoms with Gasteiger partial charge in [0.05, 0.1) is 6.10 Å². The number of aryl methyl sites for hydroxylation is 1. The highest BCUT2D eigenvalue weighted by Crippen LogP contribution is 2.26. The lowest BCUT2D eigenvalue weighted by Gasteiger charge is -2.32. The van der Waals surface area contributed by atoms with Crippen molar-refractivity contribution in [2.45, 2.75) is 31.8 Å². The molecule has 2 heterocycles. The molecule has 0 radical (unpaired) electrons. The number of nitrogens with zero attached hydrogens (tertiary/aromatic N) is 3. The van der Waals surface area contributed by atoms with Gasteiger partial charge in [-0.15, -0.1) is 0 Å². The molecule has 1 aliphatic rings. The monoisotopic (exact) mass is 320 g/mol. The van der Waals surface area contributed by atoms with E-state index in [0.29, 0.717) is 17.5 Å². The molecule has 1 aromatic carbocycles. The summed E-state index contributed by atoms with van der Waals surface area (Å²) in [5, 5.41) is 18.3. The molecule has 0 bridgehead atoms. The van der Waals surface area contributed by atoms with Crippen molar-refractivity contribution in [1.82, 2.24) is 20.1 Å².